The van der Waals surface area contributed by atoms with Gasteiger partial charge < -0.3 is 9.30 Å². The van der Waals surface area contributed by atoms with Gasteiger partial charge in [0.25, 0.3) is 0 Å². The van der Waals surface area contributed by atoms with E-state index in [4.69, 9.17) is 4.74 Å². The molecule has 0 N–H and O–H groups in total. The number of carbonyl (C=O) groups is 1. The predicted octanol–water partition coefficient (Wildman–Crippen LogP) is 5.13. The quantitative estimate of drug-likeness (QED) is 0.417. The maximum atomic E-state index is 13.3. The van der Waals surface area contributed by atoms with E-state index in [-0.39, 0.29) is 23.9 Å². The fraction of sp³-hybridized carbons (Fsp3) is 0.167. The van der Waals surface area contributed by atoms with Crippen molar-refractivity contribution in [1.82, 2.24) is 9.55 Å². The second kappa shape index (κ2) is 8.45. The zero-order valence-electron chi connectivity index (χ0n) is 16.4. The van der Waals surface area contributed by atoms with Gasteiger partial charge >= 0.3 is 5.97 Å². The van der Waals surface area contributed by atoms with Crippen LogP contribution in [0.3, 0.4) is 0 Å². The number of hydrogen-bond donors (Lipinski definition) is 0. The third-order valence-corrected chi connectivity index (χ3v) is 4.91. The number of pyridine rings is 1. The highest BCUT2D eigenvalue weighted by atomic mass is 19.1. The fourth-order valence-electron chi connectivity index (χ4n) is 3.45. The van der Waals surface area contributed by atoms with Gasteiger partial charge in [0.1, 0.15) is 17.3 Å². The summed E-state index contributed by atoms with van der Waals surface area (Å²) in [5.74, 6) is -1.05. The molecule has 4 nitrogen and oxygen atoms in total. The summed E-state index contributed by atoms with van der Waals surface area (Å²) in [7, 11) is 0. The van der Waals surface area contributed by atoms with Gasteiger partial charge in [-0.25, -0.2) is 18.6 Å². The van der Waals surface area contributed by atoms with E-state index < -0.39 is 5.97 Å². The predicted molar refractivity (Wildman–Crippen MR) is 110 cm³/mol. The van der Waals surface area contributed by atoms with Crippen molar-refractivity contribution < 1.29 is 18.3 Å². The molecule has 152 valence electrons. The molecular formula is C24H20F2N2O2. The van der Waals surface area contributed by atoms with Crippen molar-refractivity contribution in [2.24, 2.45) is 0 Å². The van der Waals surface area contributed by atoms with Crippen molar-refractivity contribution in [2.75, 3.05) is 6.61 Å². The van der Waals surface area contributed by atoms with Gasteiger partial charge in [0.05, 0.1) is 12.1 Å². The van der Waals surface area contributed by atoms with E-state index >= 15 is 0 Å². The van der Waals surface area contributed by atoms with Crippen LogP contribution in [0, 0.1) is 11.6 Å². The average molecular weight is 406 g/mol. The minimum Gasteiger partial charge on any atom is -0.461 e. The largest absolute Gasteiger partial charge is 0.461 e. The smallest absolute Gasteiger partial charge is 0.356 e. The van der Waals surface area contributed by atoms with Crippen LogP contribution in [0.4, 0.5) is 8.78 Å². The second-order valence-electron chi connectivity index (χ2n) is 7.02. The number of nitrogens with zero attached hydrogens (tertiary/aromatic N) is 2. The number of aromatic nitrogens is 2. The number of rotatable bonds is 6. The lowest BCUT2D eigenvalue weighted by atomic mass is 10.1. The topological polar surface area (TPSA) is 44.1 Å². The minimum atomic E-state index is -0.478. The molecule has 6 heteroatoms. The monoisotopic (exact) mass is 406 g/mol. The highest BCUT2D eigenvalue weighted by molar-refractivity contribution is 5.93. The SMILES string of the molecule is CCOC(=O)c1cc2c(cn1)c(Cc1ccc(F)cc1)cn2Cc1ccc(F)cc1. The molecule has 0 aliphatic rings. The van der Waals surface area contributed by atoms with Crippen molar-refractivity contribution in [1.29, 1.82) is 0 Å². The van der Waals surface area contributed by atoms with Crippen LogP contribution in [-0.4, -0.2) is 22.1 Å². The molecule has 2 aromatic heterocycles. The Labute approximate surface area is 172 Å². The number of esters is 1. The van der Waals surface area contributed by atoms with Gasteiger partial charge in [0.15, 0.2) is 0 Å². The molecule has 2 aromatic carbocycles. The molecule has 0 radical (unpaired) electrons. The maximum absolute atomic E-state index is 13.3. The Bertz CT molecular complexity index is 1180. The van der Waals surface area contributed by atoms with Crippen molar-refractivity contribution in [3.8, 4) is 0 Å². The van der Waals surface area contributed by atoms with Gasteiger partial charge in [-0.3, -0.25) is 0 Å². The summed E-state index contributed by atoms with van der Waals surface area (Å²) in [6.45, 7) is 2.52. The van der Waals surface area contributed by atoms with Gasteiger partial charge in [0.2, 0.25) is 0 Å². The van der Waals surface area contributed by atoms with Crippen LogP contribution in [0.2, 0.25) is 0 Å². The Hall–Kier alpha value is -3.54. The first kappa shape index (κ1) is 19.8. The molecule has 0 atom stereocenters. The van der Waals surface area contributed by atoms with Gasteiger partial charge in [0, 0.05) is 24.3 Å². The third kappa shape index (κ3) is 4.22. The second-order valence-corrected chi connectivity index (χ2v) is 7.02. The van der Waals surface area contributed by atoms with E-state index in [1.807, 2.05) is 10.8 Å². The summed E-state index contributed by atoms with van der Waals surface area (Å²) >= 11 is 0. The minimum absolute atomic E-state index is 0.233. The molecule has 0 fully saturated rings. The van der Waals surface area contributed by atoms with Crippen LogP contribution >= 0.6 is 0 Å². The molecule has 0 spiro atoms. The lowest BCUT2D eigenvalue weighted by molar-refractivity contribution is 0.0519. The van der Waals surface area contributed by atoms with E-state index in [1.54, 1.807) is 43.5 Å². The number of ether oxygens (including phenoxy) is 1. The molecule has 0 unspecified atom stereocenters. The molecule has 0 saturated carbocycles. The Balaban J connectivity index is 1.76. The first-order valence-corrected chi connectivity index (χ1v) is 9.67. The number of hydrogen-bond acceptors (Lipinski definition) is 3. The van der Waals surface area contributed by atoms with Crippen molar-refractivity contribution in [3.63, 3.8) is 0 Å². The Morgan fingerprint density at radius 1 is 1.00 bits per heavy atom. The Kier molecular flexibility index (Phi) is 5.57. The molecule has 0 bridgehead atoms. The van der Waals surface area contributed by atoms with Gasteiger partial charge in [-0.2, -0.15) is 0 Å². The summed E-state index contributed by atoms with van der Waals surface area (Å²) < 4.78 is 33.6. The Morgan fingerprint density at radius 3 is 2.27 bits per heavy atom. The Morgan fingerprint density at radius 2 is 1.63 bits per heavy atom. The van der Waals surface area contributed by atoms with Crippen molar-refractivity contribution >= 4 is 16.9 Å². The molecule has 0 aliphatic heterocycles. The molecule has 0 saturated heterocycles. The van der Waals surface area contributed by atoms with Crippen LogP contribution in [0.1, 0.15) is 34.1 Å². The third-order valence-electron chi connectivity index (χ3n) is 4.91. The van der Waals surface area contributed by atoms with Gasteiger partial charge in [-0.05, 0) is 60.4 Å². The highest BCUT2D eigenvalue weighted by Crippen LogP contribution is 2.25. The maximum Gasteiger partial charge on any atom is 0.356 e. The van der Waals surface area contributed by atoms with Gasteiger partial charge in [-0.1, -0.05) is 24.3 Å². The first-order valence-electron chi connectivity index (χ1n) is 9.67. The fourth-order valence-corrected chi connectivity index (χ4v) is 3.45. The van der Waals surface area contributed by atoms with E-state index in [0.717, 1.165) is 27.6 Å². The lowest BCUT2D eigenvalue weighted by Crippen LogP contribution is -2.07. The number of benzene rings is 2. The lowest BCUT2D eigenvalue weighted by Gasteiger charge is -2.07. The molecule has 4 rings (SSSR count). The first-order chi connectivity index (χ1) is 14.5. The summed E-state index contributed by atoms with van der Waals surface area (Å²) in [6.07, 6.45) is 4.25. The van der Waals surface area contributed by atoms with E-state index in [0.29, 0.717) is 13.0 Å². The molecule has 0 aliphatic carbocycles. The van der Waals surface area contributed by atoms with E-state index in [2.05, 4.69) is 4.98 Å². The van der Waals surface area contributed by atoms with E-state index in [1.165, 1.54) is 24.3 Å². The molecule has 0 amide bonds. The molecule has 2 heterocycles. The van der Waals surface area contributed by atoms with Crippen molar-refractivity contribution in [3.05, 3.63) is 101 Å². The van der Waals surface area contributed by atoms with Crippen LogP contribution in [0.15, 0.2) is 67.0 Å². The zero-order chi connectivity index (χ0) is 21.1. The summed E-state index contributed by atoms with van der Waals surface area (Å²) in [4.78, 5) is 16.4. The molecule has 30 heavy (non-hydrogen) atoms. The van der Waals surface area contributed by atoms with Crippen LogP contribution < -0.4 is 0 Å². The summed E-state index contributed by atoms with van der Waals surface area (Å²) in [5, 5.41) is 0.898. The zero-order valence-corrected chi connectivity index (χ0v) is 16.4. The normalized spacial score (nSPS) is 11.0. The molecule has 4 aromatic rings. The standard InChI is InChI=1S/C24H20F2N2O2/c1-2-30-24(29)22-12-23-21(13-27-22)18(11-16-3-7-19(25)8-4-16)15-28(23)14-17-5-9-20(26)10-6-17/h3-10,12-13,15H,2,11,14H2,1H3. The van der Waals surface area contributed by atoms with Crippen LogP contribution in [0.25, 0.3) is 10.9 Å². The number of halogens is 2. The summed E-state index contributed by atoms with van der Waals surface area (Å²) in [6, 6.07) is 14.4. The highest BCUT2D eigenvalue weighted by Gasteiger charge is 2.15. The van der Waals surface area contributed by atoms with E-state index in [9.17, 15) is 13.6 Å². The van der Waals surface area contributed by atoms with Crippen LogP contribution in [0.5, 0.6) is 0 Å². The van der Waals surface area contributed by atoms with Gasteiger partial charge in [-0.15, -0.1) is 0 Å². The van der Waals surface area contributed by atoms with Crippen molar-refractivity contribution in [2.45, 2.75) is 19.9 Å². The number of fused-ring (bicyclic) bond motifs is 1. The van der Waals surface area contributed by atoms with Crippen LogP contribution in [-0.2, 0) is 17.7 Å². The molecular weight excluding hydrogens is 386 g/mol. The number of carbonyl (C=O) groups excluding carboxylic acids is 1. The average Bonchev–Trinajstić information content (AvgIpc) is 3.08. The summed E-state index contributed by atoms with van der Waals surface area (Å²) in [5.41, 5.74) is 3.95.